The summed E-state index contributed by atoms with van der Waals surface area (Å²) in [6.45, 7) is 11.9. The predicted octanol–water partition coefficient (Wildman–Crippen LogP) is 3.85. The minimum Gasteiger partial charge on any atom is -0.378 e. The molecule has 1 N–H and O–H groups in total. The average Bonchev–Trinajstić information content (AvgIpc) is 2.38. The normalized spacial score (nSPS) is 26.8. The highest BCUT2D eigenvalue weighted by atomic mass is 16.5. The molecule has 3 unspecified atom stereocenters. The first-order valence-electron chi connectivity index (χ1n) is 7.39. The SMILES string of the molecule is CCOC1CC(NC(C)c2ccc(C)cc2)C1(C)C. The molecule has 2 rings (SSSR count). The first kappa shape index (κ1) is 14.5. The van der Waals surface area contributed by atoms with Crippen LogP contribution in [0.5, 0.6) is 0 Å². The zero-order chi connectivity index (χ0) is 14.0. The van der Waals surface area contributed by atoms with Gasteiger partial charge in [-0.1, -0.05) is 43.7 Å². The second kappa shape index (κ2) is 5.64. The summed E-state index contributed by atoms with van der Waals surface area (Å²) in [6.07, 6.45) is 1.53. The Kier molecular flexibility index (Phi) is 4.32. The van der Waals surface area contributed by atoms with Crippen LogP contribution in [0.2, 0.25) is 0 Å². The average molecular weight is 261 g/mol. The van der Waals surface area contributed by atoms with Crippen molar-refractivity contribution in [3.8, 4) is 0 Å². The van der Waals surface area contributed by atoms with Crippen LogP contribution >= 0.6 is 0 Å². The van der Waals surface area contributed by atoms with E-state index in [9.17, 15) is 0 Å². The zero-order valence-electron chi connectivity index (χ0n) is 12.9. The highest BCUT2D eigenvalue weighted by Gasteiger charge is 2.48. The molecule has 0 radical (unpaired) electrons. The molecule has 0 heterocycles. The van der Waals surface area contributed by atoms with E-state index in [1.165, 1.54) is 11.1 Å². The van der Waals surface area contributed by atoms with Gasteiger partial charge in [-0.25, -0.2) is 0 Å². The second-order valence-corrected chi connectivity index (χ2v) is 6.35. The van der Waals surface area contributed by atoms with Crippen LogP contribution < -0.4 is 5.32 Å². The van der Waals surface area contributed by atoms with E-state index in [1.807, 2.05) is 0 Å². The van der Waals surface area contributed by atoms with Gasteiger partial charge in [-0.05, 0) is 32.8 Å². The van der Waals surface area contributed by atoms with Gasteiger partial charge in [0.05, 0.1) is 6.10 Å². The van der Waals surface area contributed by atoms with Gasteiger partial charge in [-0.15, -0.1) is 0 Å². The van der Waals surface area contributed by atoms with Crippen LogP contribution in [-0.4, -0.2) is 18.8 Å². The number of hydrogen-bond donors (Lipinski definition) is 1. The Hall–Kier alpha value is -0.860. The number of hydrogen-bond acceptors (Lipinski definition) is 2. The van der Waals surface area contributed by atoms with Crippen molar-refractivity contribution in [3.05, 3.63) is 35.4 Å². The van der Waals surface area contributed by atoms with Gasteiger partial charge in [0.25, 0.3) is 0 Å². The van der Waals surface area contributed by atoms with E-state index in [2.05, 4.69) is 64.2 Å². The van der Waals surface area contributed by atoms with E-state index in [4.69, 9.17) is 4.74 Å². The summed E-state index contributed by atoms with van der Waals surface area (Å²) >= 11 is 0. The summed E-state index contributed by atoms with van der Waals surface area (Å²) in [7, 11) is 0. The maximum absolute atomic E-state index is 5.79. The number of nitrogens with one attached hydrogen (secondary N) is 1. The molecule has 1 aliphatic carbocycles. The Balaban J connectivity index is 1.93. The molecule has 0 aromatic heterocycles. The maximum atomic E-state index is 5.79. The lowest BCUT2D eigenvalue weighted by Crippen LogP contribution is -2.61. The Morgan fingerprint density at radius 1 is 1.32 bits per heavy atom. The van der Waals surface area contributed by atoms with E-state index in [-0.39, 0.29) is 5.41 Å². The lowest BCUT2D eigenvalue weighted by Gasteiger charge is -2.52. The van der Waals surface area contributed by atoms with Crippen LogP contribution in [0.1, 0.15) is 51.3 Å². The monoisotopic (exact) mass is 261 g/mol. The quantitative estimate of drug-likeness (QED) is 0.869. The van der Waals surface area contributed by atoms with E-state index in [1.54, 1.807) is 0 Å². The summed E-state index contributed by atoms with van der Waals surface area (Å²) < 4.78 is 5.79. The smallest absolute Gasteiger partial charge is 0.0655 e. The minimum absolute atomic E-state index is 0.231. The predicted molar refractivity (Wildman–Crippen MR) is 80.3 cm³/mol. The summed E-state index contributed by atoms with van der Waals surface area (Å²) in [4.78, 5) is 0. The van der Waals surface area contributed by atoms with Crippen molar-refractivity contribution < 1.29 is 4.74 Å². The molecule has 0 spiro atoms. The van der Waals surface area contributed by atoms with Crippen LogP contribution in [0, 0.1) is 12.3 Å². The standard InChI is InChI=1S/C17H27NO/c1-6-19-16-11-15(17(16,4)5)18-13(3)14-9-7-12(2)8-10-14/h7-10,13,15-16,18H,6,11H2,1-5H3. The van der Waals surface area contributed by atoms with Crippen LogP contribution in [-0.2, 0) is 4.74 Å². The molecule has 1 fully saturated rings. The maximum Gasteiger partial charge on any atom is 0.0655 e. The van der Waals surface area contributed by atoms with Gasteiger partial charge in [0.15, 0.2) is 0 Å². The van der Waals surface area contributed by atoms with Crippen LogP contribution in [0.3, 0.4) is 0 Å². The molecule has 1 aromatic rings. The van der Waals surface area contributed by atoms with Gasteiger partial charge >= 0.3 is 0 Å². The lowest BCUT2D eigenvalue weighted by atomic mass is 9.64. The molecule has 106 valence electrons. The van der Waals surface area contributed by atoms with E-state index in [0.29, 0.717) is 18.2 Å². The van der Waals surface area contributed by atoms with Crippen molar-refractivity contribution in [1.29, 1.82) is 0 Å². The highest BCUT2D eigenvalue weighted by Crippen LogP contribution is 2.43. The Bertz CT molecular complexity index is 410. The van der Waals surface area contributed by atoms with Crippen LogP contribution in [0.15, 0.2) is 24.3 Å². The van der Waals surface area contributed by atoms with Crippen LogP contribution in [0.4, 0.5) is 0 Å². The summed E-state index contributed by atoms with van der Waals surface area (Å²) in [5, 5.41) is 3.75. The fourth-order valence-corrected chi connectivity index (χ4v) is 2.91. The molecular weight excluding hydrogens is 234 g/mol. The lowest BCUT2D eigenvalue weighted by molar-refractivity contribution is -0.116. The molecular formula is C17H27NO. The zero-order valence-corrected chi connectivity index (χ0v) is 12.9. The Morgan fingerprint density at radius 2 is 1.95 bits per heavy atom. The first-order valence-corrected chi connectivity index (χ1v) is 7.39. The molecule has 2 nitrogen and oxygen atoms in total. The third-order valence-corrected chi connectivity index (χ3v) is 4.57. The summed E-state index contributed by atoms with van der Waals surface area (Å²) in [5.74, 6) is 0. The Morgan fingerprint density at radius 3 is 2.47 bits per heavy atom. The number of benzene rings is 1. The summed E-state index contributed by atoms with van der Waals surface area (Å²) in [6, 6.07) is 9.75. The van der Waals surface area contributed by atoms with Crippen molar-refractivity contribution in [2.24, 2.45) is 5.41 Å². The number of aryl methyl sites for hydroxylation is 1. The van der Waals surface area contributed by atoms with Gasteiger partial charge in [-0.3, -0.25) is 0 Å². The van der Waals surface area contributed by atoms with Crippen molar-refractivity contribution in [2.45, 2.75) is 59.2 Å². The third-order valence-electron chi connectivity index (χ3n) is 4.57. The third kappa shape index (κ3) is 3.01. The molecule has 1 aromatic carbocycles. The molecule has 19 heavy (non-hydrogen) atoms. The molecule has 0 saturated heterocycles. The van der Waals surface area contributed by atoms with E-state index >= 15 is 0 Å². The fourth-order valence-electron chi connectivity index (χ4n) is 2.91. The molecule has 1 saturated carbocycles. The van der Waals surface area contributed by atoms with Gasteiger partial charge in [0.2, 0.25) is 0 Å². The number of ether oxygens (including phenoxy) is 1. The van der Waals surface area contributed by atoms with Crippen molar-refractivity contribution in [3.63, 3.8) is 0 Å². The van der Waals surface area contributed by atoms with Crippen LogP contribution in [0.25, 0.3) is 0 Å². The molecule has 0 amide bonds. The summed E-state index contributed by atoms with van der Waals surface area (Å²) in [5.41, 5.74) is 2.91. The molecule has 0 bridgehead atoms. The van der Waals surface area contributed by atoms with Gasteiger partial charge < -0.3 is 10.1 Å². The second-order valence-electron chi connectivity index (χ2n) is 6.35. The topological polar surface area (TPSA) is 21.3 Å². The van der Waals surface area contributed by atoms with Crippen molar-refractivity contribution in [1.82, 2.24) is 5.32 Å². The van der Waals surface area contributed by atoms with Crippen molar-refractivity contribution in [2.75, 3.05) is 6.61 Å². The highest BCUT2D eigenvalue weighted by molar-refractivity contribution is 5.24. The molecule has 0 aliphatic heterocycles. The van der Waals surface area contributed by atoms with Crippen molar-refractivity contribution >= 4 is 0 Å². The molecule has 1 aliphatic rings. The molecule has 3 atom stereocenters. The number of rotatable bonds is 5. The first-order chi connectivity index (χ1) is 8.95. The van der Waals surface area contributed by atoms with E-state index < -0.39 is 0 Å². The van der Waals surface area contributed by atoms with Gasteiger partial charge in [0, 0.05) is 24.1 Å². The van der Waals surface area contributed by atoms with E-state index in [0.717, 1.165) is 13.0 Å². The molecule has 2 heteroatoms. The van der Waals surface area contributed by atoms with Gasteiger partial charge in [0.1, 0.15) is 0 Å². The Labute approximate surface area is 117 Å². The minimum atomic E-state index is 0.231. The largest absolute Gasteiger partial charge is 0.378 e. The van der Waals surface area contributed by atoms with Gasteiger partial charge in [-0.2, -0.15) is 0 Å². The fraction of sp³-hybridized carbons (Fsp3) is 0.647.